The van der Waals surface area contributed by atoms with Crippen molar-refractivity contribution in [2.75, 3.05) is 92.9 Å². The molecule has 0 radical (unpaired) electrons. The van der Waals surface area contributed by atoms with Crippen molar-refractivity contribution in [3.63, 3.8) is 0 Å². The third kappa shape index (κ3) is 18.9. The molecule has 32 heavy (non-hydrogen) atoms. The Morgan fingerprint density at radius 1 is 0.688 bits per heavy atom. The van der Waals surface area contributed by atoms with E-state index in [4.69, 9.17) is 37.0 Å². The van der Waals surface area contributed by atoms with Crippen LogP contribution in [0.1, 0.15) is 33.6 Å². The largest absolute Gasteiger partial charge is 0.500 e. The number of methoxy groups -OCH3 is 1. The Labute approximate surface area is 194 Å². The van der Waals surface area contributed by atoms with Gasteiger partial charge in [-0.3, -0.25) is 4.79 Å². The first-order valence-corrected chi connectivity index (χ1v) is 13.6. The average molecular weight is 484 g/mol. The van der Waals surface area contributed by atoms with Crippen LogP contribution in [0.2, 0.25) is 6.04 Å². The zero-order valence-corrected chi connectivity index (χ0v) is 21.5. The van der Waals surface area contributed by atoms with Crippen LogP contribution in [0.5, 0.6) is 0 Å². The van der Waals surface area contributed by atoms with Gasteiger partial charge >= 0.3 is 8.80 Å². The zero-order valence-electron chi connectivity index (χ0n) is 20.5. The van der Waals surface area contributed by atoms with Gasteiger partial charge in [0.05, 0.1) is 59.5 Å². The molecule has 192 valence electrons. The molecule has 0 aliphatic carbocycles. The van der Waals surface area contributed by atoms with E-state index in [2.05, 4.69) is 5.32 Å². The highest BCUT2D eigenvalue weighted by atomic mass is 28.4. The highest BCUT2D eigenvalue weighted by Crippen LogP contribution is 2.17. The molecule has 0 spiro atoms. The van der Waals surface area contributed by atoms with E-state index in [1.54, 1.807) is 7.11 Å². The minimum absolute atomic E-state index is 0.0384. The van der Waals surface area contributed by atoms with E-state index < -0.39 is 8.80 Å². The number of hydrogen-bond donors (Lipinski definition) is 1. The molecule has 0 aromatic rings. The fourth-order valence-corrected chi connectivity index (χ4v) is 5.30. The standard InChI is InChI=1S/C21H45NO9Si/c1-5-29-32(30-6-2,31-7-3)20-8-10-22-21(23)9-11-25-14-15-27-18-19-28-17-16-26-13-12-24-4/h5-20H2,1-4H3,(H,22,23). The van der Waals surface area contributed by atoms with Crippen LogP contribution in [0, 0.1) is 0 Å². The van der Waals surface area contributed by atoms with Crippen LogP contribution >= 0.6 is 0 Å². The monoisotopic (exact) mass is 483 g/mol. The van der Waals surface area contributed by atoms with Gasteiger partial charge in [0.15, 0.2) is 0 Å². The van der Waals surface area contributed by atoms with Crippen molar-refractivity contribution >= 4 is 14.7 Å². The van der Waals surface area contributed by atoms with Gasteiger partial charge in [-0.15, -0.1) is 0 Å². The first-order valence-electron chi connectivity index (χ1n) is 11.6. The highest BCUT2D eigenvalue weighted by Gasteiger charge is 2.39. The lowest BCUT2D eigenvalue weighted by Gasteiger charge is -2.28. The normalized spacial score (nSPS) is 11.8. The average Bonchev–Trinajstić information content (AvgIpc) is 2.77. The van der Waals surface area contributed by atoms with Gasteiger partial charge in [0.1, 0.15) is 0 Å². The molecule has 11 heteroatoms. The van der Waals surface area contributed by atoms with E-state index in [0.717, 1.165) is 6.42 Å². The van der Waals surface area contributed by atoms with Crippen molar-refractivity contribution in [3.8, 4) is 0 Å². The lowest BCUT2D eigenvalue weighted by atomic mass is 10.4. The Kier molecular flexibility index (Phi) is 23.1. The van der Waals surface area contributed by atoms with E-state index >= 15 is 0 Å². The molecule has 0 unspecified atom stereocenters. The van der Waals surface area contributed by atoms with Gasteiger partial charge in [0, 0.05) is 45.9 Å². The first kappa shape index (κ1) is 31.4. The van der Waals surface area contributed by atoms with Gasteiger partial charge in [-0.25, -0.2) is 0 Å². The van der Waals surface area contributed by atoms with Crippen LogP contribution in [0.15, 0.2) is 0 Å². The molecular weight excluding hydrogens is 438 g/mol. The van der Waals surface area contributed by atoms with Gasteiger partial charge in [-0.1, -0.05) is 0 Å². The summed E-state index contributed by atoms with van der Waals surface area (Å²) < 4.78 is 43.8. The van der Waals surface area contributed by atoms with Crippen LogP contribution in [0.3, 0.4) is 0 Å². The smallest absolute Gasteiger partial charge is 0.382 e. The second-order valence-corrected chi connectivity index (χ2v) is 9.36. The van der Waals surface area contributed by atoms with E-state index in [9.17, 15) is 4.79 Å². The molecule has 0 fully saturated rings. The first-order chi connectivity index (χ1) is 15.6. The summed E-state index contributed by atoms with van der Waals surface area (Å²) in [5.41, 5.74) is 0. The van der Waals surface area contributed by atoms with E-state index in [1.165, 1.54) is 0 Å². The zero-order chi connectivity index (χ0) is 23.8. The maximum Gasteiger partial charge on any atom is 0.500 e. The van der Waals surface area contributed by atoms with Crippen LogP contribution in [-0.4, -0.2) is 108 Å². The van der Waals surface area contributed by atoms with Crippen LogP contribution in [0.4, 0.5) is 0 Å². The van der Waals surface area contributed by atoms with Gasteiger partial charge < -0.3 is 42.3 Å². The van der Waals surface area contributed by atoms with Crippen molar-refractivity contribution in [3.05, 3.63) is 0 Å². The lowest BCUT2D eigenvalue weighted by molar-refractivity contribution is -0.122. The summed E-state index contributed by atoms with van der Waals surface area (Å²) in [7, 11) is -1.00. The Morgan fingerprint density at radius 2 is 1.12 bits per heavy atom. The molecule has 10 nitrogen and oxygen atoms in total. The maximum atomic E-state index is 11.9. The SMILES string of the molecule is CCO[Si](CCCNC(=O)CCOCCOCCOCCOCCOC)(OCC)OCC. The molecule has 0 bridgehead atoms. The van der Waals surface area contributed by atoms with Crippen LogP contribution in [-0.2, 0) is 41.8 Å². The van der Waals surface area contributed by atoms with Gasteiger partial charge in [0.2, 0.25) is 5.91 Å². The second kappa shape index (κ2) is 23.5. The van der Waals surface area contributed by atoms with Gasteiger partial charge in [-0.2, -0.15) is 0 Å². The van der Waals surface area contributed by atoms with Crippen LogP contribution in [0.25, 0.3) is 0 Å². The molecule has 0 rings (SSSR count). The predicted molar refractivity (Wildman–Crippen MR) is 123 cm³/mol. The quantitative estimate of drug-likeness (QED) is 0.153. The summed E-state index contributed by atoms with van der Waals surface area (Å²) in [5.74, 6) is -0.0384. The van der Waals surface area contributed by atoms with Crippen molar-refractivity contribution in [1.29, 1.82) is 0 Å². The van der Waals surface area contributed by atoms with Crippen molar-refractivity contribution in [2.45, 2.75) is 39.7 Å². The van der Waals surface area contributed by atoms with Gasteiger partial charge in [-0.05, 0) is 27.2 Å². The molecule has 0 heterocycles. The minimum atomic E-state index is -2.64. The Hall–Kier alpha value is -0.633. The van der Waals surface area contributed by atoms with Crippen molar-refractivity contribution in [2.24, 2.45) is 0 Å². The molecule has 0 atom stereocenters. The number of rotatable bonds is 25. The van der Waals surface area contributed by atoms with E-state index in [-0.39, 0.29) is 5.91 Å². The molecule has 0 aliphatic heterocycles. The van der Waals surface area contributed by atoms with Gasteiger partial charge in [0.25, 0.3) is 0 Å². The molecule has 0 aliphatic rings. The molecule has 0 saturated heterocycles. The second-order valence-electron chi connectivity index (χ2n) is 6.63. The fraction of sp³-hybridized carbons (Fsp3) is 0.952. The molecule has 0 saturated carbocycles. The molecule has 1 amide bonds. The lowest BCUT2D eigenvalue weighted by Crippen LogP contribution is -2.46. The molecule has 1 N–H and O–H groups in total. The van der Waals surface area contributed by atoms with Crippen LogP contribution < -0.4 is 5.32 Å². The van der Waals surface area contributed by atoms with Crippen molar-refractivity contribution < 1.29 is 41.8 Å². The summed E-state index contributed by atoms with van der Waals surface area (Å²) in [6.45, 7) is 12.5. The Morgan fingerprint density at radius 3 is 1.56 bits per heavy atom. The number of amides is 1. The van der Waals surface area contributed by atoms with E-state index in [0.29, 0.717) is 98.3 Å². The summed E-state index contributed by atoms with van der Waals surface area (Å²) in [6, 6.07) is 0.682. The number of hydrogen-bond acceptors (Lipinski definition) is 9. The number of ether oxygens (including phenoxy) is 5. The topological polar surface area (TPSA) is 103 Å². The highest BCUT2D eigenvalue weighted by molar-refractivity contribution is 6.60. The molecule has 0 aromatic heterocycles. The number of carbonyl (C=O) groups excluding carboxylic acids is 1. The fourth-order valence-electron chi connectivity index (χ4n) is 2.69. The summed E-state index contributed by atoms with van der Waals surface area (Å²) in [5, 5.41) is 2.90. The summed E-state index contributed by atoms with van der Waals surface area (Å²) in [6.07, 6.45) is 1.06. The number of nitrogens with one attached hydrogen (secondary N) is 1. The summed E-state index contributed by atoms with van der Waals surface area (Å²) >= 11 is 0. The molecule has 0 aromatic carbocycles. The maximum absolute atomic E-state index is 11.9. The predicted octanol–water partition coefficient (Wildman–Crippen LogP) is 1.64. The minimum Gasteiger partial charge on any atom is -0.382 e. The third-order valence-corrected chi connectivity index (χ3v) is 7.25. The molecular formula is C21H45NO9Si. The summed E-state index contributed by atoms with van der Waals surface area (Å²) in [4.78, 5) is 11.9. The van der Waals surface area contributed by atoms with E-state index in [1.807, 2.05) is 20.8 Å². The Balaban J connectivity index is 3.56. The Bertz CT molecular complexity index is 402. The van der Waals surface area contributed by atoms with Crippen molar-refractivity contribution in [1.82, 2.24) is 5.32 Å². The number of carbonyl (C=O) groups is 1. The third-order valence-electron chi connectivity index (χ3n) is 4.10.